The molecular formula is C20H27F3O5. The molecule has 2 fully saturated rings. The molecule has 0 aromatic heterocycles. The van der Waals surface area contributed by atoms with E-state index in [2.05, 4.69) is 11.7 Å². The van der Waals surface area contributed by atoms with Crippen LogP contribution >= 0.6 is 0 Å². The fourth-order valence-corrected chi connectivity index (χ4v) is 3.45. The molecule has 2 saturated heterocycles. The maximum Gasteiger partial charge on any atom is 0.387 e. The molecule has 0 amide bonds. The largest absolute Gasteiger partial charge is 0.432 e. The molecule has 8 heteroatoms. The summed E-state index contributed by atoms with van der Waals surface area (Å²) in [4.78, 5) is 0. The SMILES string of the molecule is CCCC1COC(CCC2COC(c3ccc(OC(F)F)c(F)c3)OC2)OC1. The Hall–Kier alpha value is -1.35. The van der Waals surface area contributed by atoms with E-state index in [0.717, 1.165) is 51.0 Å². The van der Waals surface area contributed by atoms with Crippen LogP contribution in [0.4, 0.5) is 13.2 Å². The fraction of sp³-hybridized carbons (Fsp3) is 0.700. The molecule has 3 rings (SSSR count). The second-order valence-electron chi connectivity index (χ2n) is 7.26. The van der Waals surface area contributed by atoms with Crippen molar-refractivity contribution in [3.05, 3.63) is 29.6 Å². The summed E-state index contributed by atoms with van der Waals surface area (Å²) in [6, 6.07) is 3.71. The molecule has 0 radical (unpaired) electrons. The molecule has 2 heterocycles. The summed E-state index contributed by atoms with van der Waals surface area (Å²) in [5.74, 6) is -0.689. The van der Waals surface area contributed by atoms with E-state index in [4.69, 9.17) is 18.9 Å². The predicted molar refractivity (Wildman–Crippen MR) is 94.5 cm³/mol. The van der Waals surface area contributed by atoms with Gasteiger partial charge in [-0.15, -0.1) is 0 Å². The maximum atomic E-state index is 13.8. The van der Waals surface area contributed by atoms with Crippen molar-refractivity contribution in [3.63, 3.8) is 0 Å². The van der Waals surface area contributed by atoms with Crippen LogP contribution in [-0.2, 0) is 18.9 Å². The molecule has 2 aliphatic rings. The third kappa shape index (κ3) is 6.07. The summed E-state index contributed by atoms with van der Waals surface area (Å²) in [7, 11) is 0. The number of ether oxygens (including phenoxy) is 5. The first kappa shape index (κ1) is 21.4. The highest BCUT2D eigenvalue weighted by Gasteiger charge is 2.27. The van der Waals surface area contributed by atoms with Gasteiger partial charge in [0, 0.05) is 17.4 Å². The first-order valence-electron chi connectivity index (χ1n) is 9.75. The molecule has 1 aromatic carbocycles. The quantitative estimate of drug-likeness (QED) is 0.631. The summed E-state index contributed by atoms with van der Waals surface area (Å²) in [5, 5.41) is 0. The number of hydrogen-bond donors (Lipinski definition) is 0. The molecule has 0 saturated carbocycles. The molecule has 0 unspecified atom stereocenters. The molecule has 2 aliphatic heterocycles. The fourth-order valence-electron chi connectivity index (χ4n) is 3.45. The Morgan fingerprint density at radius 3 is 2.21 bits per heavy atom. The van der Waals surface area contributed by atoms with Gasteiger partial charge < -0.3 is 23.7 Å². The molecule has 0 N–H and O–H groups in total. The van der Waals surface area contributed by atoms with Crippen molar-refractivity contribution in [1.29, 1.82) is 0 Å². The highest BCUT2D eigenvalue weighted by atomic mass is 19.3. The van der Waals surface area contributed by atoms with Crippen molar-refractivity contribution in [2.45, 2.75) is 51.8 Å². The Bertz CT molecular complexity index is 600. The van der Waals surface area contributed by atoms with E-state index in [1.807, 2.05) is 0 Å². The second kappa shape index (κ2) is 10.4. The highest BCUT2D eigenvalue weighted by Crippen LogP contribution is 2.30. The average molecular weight is 404 g/mol. The normalized spacial score (nSPS) is 28.5. The van der Waals surface area contributed by atoms with Crippen LogP contribution in [0.3, 0.4) is 0 Å². The minimum absolute atomic E-state index is 0.178. The van der Waals surface area contributed by atoms with E-state index in [-0.39, 0.29) is 12.2 Å². The topological polar surface area (TPSA) is 46.2 Å². The lowest BCUT2D eigenvalue weighted by Gasteiger charge is -2.32. The Kier molecular flexibility index (Phi) is 7.96. The summed E-state index contributed by atoms with van der Waals surface area (Å²) in [6.45, 7) is 1.50. The van der Waals surface area contributed by atoms with Crippen LogP contribution in [0, 0.1) is 17.7 Å². The molecule has 0 bridgehead atoms. The maximum absolute atomic E-state index is 13.8. The summed E-state index contributed by atoms with van der Waals surface area (Å²) >= 11 is 0. The molecule has 28 heavy (non-hydrogen) atoms. The third-order valence-corrected chi connectivity index (χ3v) is 4.95. The van der Waals surface area contributed by atoms with Crippen LogP contribution in [0.2, 0.25) is 0 Å². The molecule has 0 atom stereocenters. The van der Waals surface area contributed by atoms with Gasteiger partial charge in [-0.2, -0.15) is 8.78 Å². The van der Waals surface area contributed by atoms with Crippen LogP contribution in [0.25, 0.3) is 0 Å². The standard InChI is InChI=1S/C20H27F3O5/c1-2-3-13-9-24-18(25-10-13)7-4-14-11-26-19(27-12-14)15-5-6-17(16(21)8-15)28-20(22)23/h5-6,8,13-14,18-20H,2-4,7,9-12H2,1H3. The Labute approximate surface area is 163 Å². The van der Waals surface area contributed by atoms with Gasteiger partial charge in [-0.25, -0.2) is 4.39 Å². The van der Waals surface area contributed by atoms with Gasteiger partial charge in [-0.1, -0.05) is 19.4 Å². The van der Waals surface area contributed by atoms with Crippen LogP contribution < -0.4 is 4.74 Å². The zero-order valence-electron chi connectivity index (χ0n) is 16.0. The Morgan fingerprint density at radius 2 is 1.61 bits per heavy atom. The molecular weight excluding hydrogens is 377 g/mol. The van der Waals surface area contributed by atoms with Crippen LogP contribution in [-0.4, -0.2) is 39.3 Å². The first-order valence-corrected chi connectivity index (χ1v) is 9.75. The second-order valence-corrected chi connectivity index (χ2v) is 7.26. The zero-order valence-corrected chi connectivity index (χ0v) is 16.0. The molecule has 1 aromatic rings. The highest BCUT2D eigenvalue weighted by molar-refractivity contribution is 5.30. The van der Waals surface area contributed by atoms with Gasteiger partial charge in [0.2, 0.25) is 0 Å². The Morgan fingerprint density at radius 1 is 0.964 bits per heavy atom. The number of alkyl halides is 2. The number of benzene rings is 1. The van der Waals surface area contributed by atoms with Gasteiger partial charge in [-0.05, 0) is 31.4 Å². The molecule has 0 spiro atoms. The zero-order chi connectivity index (χ0) is 19.9. The van der Waals surface area contributed by atoms with E-state index in [9.17, 15) is 13.2 Å². The Balaban J connectivity index is 1.39. The smallest absolute Gasteiger partial charge is 0.387 e. The predicted octanol–water partition coefficient (Wildman–Crippen LogP) is 4.66. The van der Waals surface area contributed by atoms with Gasteiger partial charge in [-0.3, -0.25) is 0 Å². The lowest BCUT2D eigenvalue weighted by Crippen LogP contribution is -2.33. The lowest BCUT2D eigenvalue weighted by molar-refractivity contribution is -0.220. The third-order valence-electron chi connectivity index (χ3n) is 4.95. The van der Waals surface area contributed by atoms with E-state index < -0.39 is 24.5 Å². The van der Waals surface area contributed by atoms with Crippen molar-refractivity contribution >= 4 is 0 Å². The van der Waals surface area contributed by atoms with Gasteiger partial charge in [0.1, 0.15) is 0 Å². The summed E-state index contributed by atoms with van der Waals surface area (Å²) in [5.41, 5.74) is 0.429. The average Bonchev–Trinajstić information content (AvgIpc) is 2.69. The summed E-state index contributed by atoms with van der Waals surface area (Å²) < 4.78 is 65.2. The van der Waals surface area contributed by atoms with Crippen molar-refractivity contribution in [2.24, 2.45) is 11.8 Å². The lowest BCUT2D eigenvalue weighted by atomic mass is 10.0. The van der Waals surface area contributed by atoms with Gasteiger partial charge in [0.05, 0.1) is 26.4 Å². The van der Waals surface area contributed by atoms with Gasteiger partial charge in [0.15, 0.2) is 24.1 Å². The summed E-state index contributed by atoms with van der Waals surface area (Å²) in [6.07, 6.45) is 2.96. The van der Waals surface area contributed by atoms with Crippen molar-refractivity contribution in [3.8, 4) is 5.75 Å². The van der Waals surface area contributed by atoms with E-state index >= 15 is 0 Å². The number of hydrogen-bond acceptors (Lipinski definition) is 5. The van der Waals surface area contributed by atoms with Crippen molar-refractivity contribution in [2.75, 3.05) is 26.4 Å². The molecule has 5 nitrogen and oxygen atoms in total. The minimum atomic E-state index is -3.07. The monoisotopic (exact) mass is 404 g/mol. The number of halogens is 3. The van der Waals surface area contributed by atoms with Gasteiger partial charge >= 0.3 is 6.61 Å². The number of rotatable bonds is 8. The van der Waals surface area contributed by atoms with Crippen LogP contribution in [0.1, 0.15) is 44.5 Å². The minimum Gasteiger partial charge on any atom is -0.432 e. The first-order chi connectivity index (χ1) is 13.5. The molecule has 158 valence electrons. The van der Waals surface area contributed by atoms with Crippen molar-refractivity contribution in [1.82, 2.24) is 0 Å². The van der Waals surface area contributed by atoms with E-state index in [0.29, 0.717) is 24.7 Å². The van der Waals surface area contributed by atoms with Crippen LogP contribution in [0.5, 0.6) is 5.75 Å². The van der Waals surface area contributed by atoms with Crippen LogP contribution in [0.15, 0.2) is 18.2 Å². The van der Waals surface area contributed by atoms with E-state index in [1.54, 1.807) is 0 Å². The van der Waals surface area contributed by atoms with Crippen molar-refractivity contribution < 1.29 is 36.9 Å². The van der Waals surface area contributed by atoms with Gasteiger partial charge in [0.25, 0.3) is 0 Å². The molecule has 0 aliphatic carbocycles. The van der Waals surface area contributed by atoms with E-state index in [1.165, 1.54) is 6.07 Å².